The third-order valence-electron chi connectivity index (χ3n) is 5.57. The van der Waals surface area contributed by atoms with Crippen LogP contribution in [0.3, 0.4) is 0 Å². The SMILES string of the molecule is CCNC1CCC(C2CCOC3(CCSCC3)C2)C1. The van der Waals surface area contributed by atoms with Gasteiger partial charge < -0.3 is 10.1 Å². The molecule has 3 heteroatoms. The summed E-state index contributed by atoms with van der Waals surface area (Å²) in [5, 5.41) is 3.65. The summed E-state index contributed by atoms with van der Waals surface area (Å²) in [6, 6.07) is 0.802. The second-order valence-electron chi connectivity index (χ2n) is 6.72. The van der Waals surface area contributed by atoms with Crippen molar-refractivity contribution in [3.8, 4) is 0 Å². The van der Waals surface area contributed by atoms with Gasteiger partial charge in [0.2, 0.25) is 0 Å². The first-order chi connectivity index (χ1) is 9.31. The number of hydrogen-bond acceptors (Lipinski definition) is 3. The van der Waals surface area contributed by atoms with E-state index in [4.69, 9.17) is 4.74 Å². The molecule has 3 fully saturated rings. The van der Waals surface area contributed by atoms with Crippen molar-refractivity contribution in [2.24, 2.45) is 11.8 Å². The van der Waals surface area contributed by atoms with Crippen LogP contribution in [0.2, 0.25) is 0 Å². The highest BCUT2D eigenvalue weighted by Crippen LogP contribution is 2.45. The first kappa shape index (κ1) is 14.2. The minimum absolute atomic E-state index is 0.282. The Hall–Kier alpha value is 0.270. The van der Waals surface area contributed by atoms with E-state index in [1.807, 2.05) is 0 Å². The van der Waals surface area contributed by atoms with Crippen molar-refractivity contribution < 1.29 is 4.74 Å². The molecule has 0 aromatic carbocycles. The van der Waals surface area contributed by atoms with E-state index in [1.165, 1.54) is 56.5 Å². The maximum Gasteiger partial charge on any atom is 0.0701 e. The Morgan fingerprint density at radius 2 is 2.00 bits per heavy atom. The number of hydrogen-bond donors (Lipinski definition) is 1. The summed E-state index contributed by atoms with van der Waals surface area (Å²) in [7, 11) is 0. The predicted molar refractivity (Wildman–Crippen MR) is 82.8 cm³/mol. The Labute approximate surface area is 122 Å². The van der Waals surface area contributed by atoms with Crippen LogP contribution >= 0.6 is 11.8 Å². The minimum atomic E-state index is 0.282. The van der Waals surface area contributed by atoms with Gasteiger partial charge >= 0.3 is 0 Å². The molecule has 0 bridgehead atoms. The van der Waals surface area contributed by atoms with Crippen molar-refractivity contribution in [3.05, 3.63) is 0 Å². The number of thioether (sulfide) groups is 1. The van der Waals surface area contributed by atoms with Crippen molar-refractivity contribution >= 4 is 11.8 Å². The molecular formula is C16H29NOS. The summed E-state index contributed by atoms with van der Waals surface area (Å²) in [6.45, 7) is 4.39. The van der Waals surface area contributed by atoms with Gasteiger partial charge in [-0.1, -0.05) is 6.92 Å². The topological polar surface area (TPSA) is 21.3 Å². The molecule has 3 aliphatic rings. The van der Waals surface area contributed by atoms with Crippen LogP contribution in [0.5, 0.6) is 0 Å². The first-order valence-electron chi connectivity index (χ1n) is 8.26. The Kier molecular flexibility index (Phi) is 4.76. The first-order valence-corrected chi connectivity index (χ1v) is 9.42. The van der Waals surface area contributed by atoms with E-state index in [0.717, 1.165) is 31.0 Å². The molecule has 2 saturated heterocycles. The van der Waals surface area contributed by atoms with Crippen molar-refractivity contribution in [2.45, 2.75) is 63.5 Å². The van der Waals surface area contributed by atoms with Gasteiger partial charge in [-0.2, -0.15) is 11.8 Å². The molecule has 1 aliphatic carbocycles. The molecule has 0 aromatic rings. The van der Waals surface area contributed by atoms with Crippen LogP contribution in [0.25, 0.3) is 0 Å². The standard InChI is InChI=1S/C16H29NOS/c1-2-17-15-4-3-13(11-15)14-5-8-18-16(12-14)6-9-19-10-7-16/h13-15,17H,2-12H2,1H3. The normalized spacial score (nSPS) is 38.7. The average Bonchev–Trinajstić information content (AvgIpc) is 2.89. The zero-order valence-corrected chi connectivity index (χ0v) is 13.1. The van der Waals surface area contributed by atoms with Crippen LogP contribution in [0, 0.1) is 11.8 Å². The Morgan fingerprint density at radius 1 is 1.16 bits per heavy atom. The zero-order chi connectivity index (χ0) is 13.1. The zero-order valence-electron chi connectivity index (χ0n) is 12.3. The van der Waals surface area contributed by atoms with E-state index in [2.05, 4.69) is 24.0 Å². The highest BCUT2D eigenvalue weighted by atomic mass is 32.2. The molecule has 110 valence electrons. The molecule has 3 atom stereocenters. The lowest BCUT2D eigenvalue weighted by Gasteiger charge is -2.45. The maximum atomic E-state index is 6.24. The Balaban J connectivity index is 1.56. The highest BCUT2D eigenvalue weighted by molar-refractivity contribution is 7.99. The molecule has 3 rings (SSSR count). The van der Waals surface area contributed by atoms with Gasteiger partial charge in [0.05, 0.1) is 5.60 Å². The molecule has 19 heavy (non-hydrogen) atoms. The second-order valence-corrected chi connectivity index (χ2v) is 7.95. The molecule has 1 spiro atoms. The largest absolute Gasteiger partial charge is 0.375 e. The van der Waals surface area contributed by atoms with Crippen LogP contribution in [0.4, 0.5) is 0 Å². The highest BCUT2D eigenvalue weighted by Gasteiger charge is 2.42. The van der Waals surface area contributed by atoms with Crippen LogP contribution in [-0.4, -0.2) is 36.3 Å². The minimum Gasteiger partial charge on any atom is -0.375 e. The van der Waals surface area contributed by atoms with Crippen LogP contribution in [0.1, 0.15) is 51.9 Å². The molecular weight excluding hydrogens is 254 g/mol. The summed E-state index contributed by atoms with van der Waals surface area (Å²) in [6.07, 6.45) is 9.56. The smallest absolute Gasteiger partial charge is 0.0701 e. The molecule has 0 radical (unpaired) electrons. The maximum absolute atomic E-state index is 6.24. The quantitative estimate of drug-likeness (QED) is 0.857. The molecule has 0 aromatic heterocycles. The molecule has 2 nitrogen and oxygen atoms in total. The van der Waals surface area contributed by atoms with Gasteiger partial charge in [0.15, 0.2) is 0 Å². The van der Waals surface area contributed by atoms with Gasteiger partial charge in [-0.25, -0.2) is 0 Å². The third kappa shape index (κ3) is 3.30. The van der Waals surface area contributed by atoms with E-state index in [-0.39, 0.29) is 5.60 Å². The van der Waals surface area contributed by atoms with Crippen molar-refractivity contribution in [1.29, 1.82) is 0 Å². The fourth-order valence-electron chi connectivity index (χ4n) is 4.48. The van der Waals surface area contributed by atoms with Crippen LogP contribution in [-0.2, 0) is 4.74 Å². The summed E-state index contributed by atoms with van der Waals surface area (Å²) < 4.78 is 6.24. The van der Waals surface area contributed by atoms with Crippen molar-refractivity contribution in [2.75, 3.05) is 24.7 Å². The van der Waals surface area contributed by atoms with Gasteiger partial charge in [0, 0.05) is 12.6 Å². The summed E-state index contributed by atoms with van der Waals surface area (Å²) in [5.41, 5.74) is 0.282. The monoisotopic (exact) mass is 283 g/mol. The fourth-order valence-corrected chi connectivity index (χ4v) is 5.72. The summed E-state index contributed by atoms with van der Waals surface area (Å²) >= 11 is 2.11. The Bertz CT molecular complexity index is 285. The Morgan fingerprint density at radius 3 is 2.79 bits per heavy atom. The fraction of sp³-hybridized carbons (Fsp3) is 1.00. The summed E-state index contributed by atoms with van der Waals surface area (Å²) in [5.74, 6) is 4.55. The van der Waals surface area contributed by atoms with Crippen molar-refractivity contribution in [3.63, 3.8) is 0 Å². The van der Waals surface area contributed by atoms with Gasteiger partial charge in [-0.3, -0.25) is 0 Å². The van der Waals surface area contributed by atoms with Crippen LogP contribution < -0.4 is 5.32 Å². The lowest BCUT2D eigenvalue weighted by molar-refractivity contribution is -0.110. The van der Waals surface area contributed by atoms with E-state index >= 15 is 0 Å². The van der Waals surface area contributed by atoms with Crippen molar-refractivity contribution in [1.82, 2.24) is 5.32 Å². The lowest BCUT2D eigenvalue weighted by Crippen LogP contribution is -2.44. The third-order valence-corrected chi connectivity index (χ3v) is 6.55. The predicted octanol–water partition coefficient (Wildman–Crippen LogP) is 3.46. The molecule has 1 saturated carbocycles. The lowest BCUT2D eigenvalue weighted by atomic mass is 9.75. The second kappa shape index (κ2) is 6.36. The number of ether oxygens (including phenoxy) is 1. The molecule has 1 N–H and O–H groups in total. The summed E-state index contributed by atoms with van der Waals surface area (Å²) in [4.78, 5) is 0. The molecule has 2 heterocycles. The van der Waals surface area contributed by atoms with E-state index in [1.54, 1.807) is 0 Å². The molecule has 0 amide bonds. The van der Waals surface area contributed by atoms with E-state index < -0.39 is 0 Å². The van der Waals surface area contributed by atoms with Gasteiger partial charge in [-0.05, 0) is 74.8 Å². The van der Waals surface area contributed by atoms with E-state index in [0.29, 0.717) is 0 Å². The number of rotatable bonds is 3. The van der Waals surface area contributed by atoms with E-state index in [9.17, 15) is 0 Å². The van der Waals surface area contributed by atoms with Gasteiger partial charge in [0.25, 0.3) is 0 Å². The van der Waals surface area contributed by atoms with Gasteiger partial charge in [-0.15, -0.1) is 0 Å². The molecule has 2 aliphatic heterocycles. The van der Waals surface area contributed by atoms with Gasteiger partial charge in [0.1, 0.15) is 0 Å². The van der Waals surface area contributed by atoms with Crippen LogP contribution in [0.15, 0.2) is 0 Å². The average molecular weight is 283 g/mol. The molecule has 3 unspecified atom stereocenters. The number of nitrogens with one attached hydrogen (secondary N) is 1.